The largest absolute Gasteiger partial charge is 0.389 e. The Labute approximate surface area is 149 Å². The zero-order valence-corrected chi connectivity index (χ0v) is 15.0. The standard InChI is InChI=1S/C20H28N2O3/c1-16(23)22-13-12-21(15-18(22)17-8-4-2-5-9-17)19(24)14-20(25)10-6-3-7-11-20/h2,4-5,8-9,18,25H,3,6-7,10-15H2,1H3/t18-/m1/s1. The van der Waals surface area contributed by atoms with E-state index in [9.17, 15) is 14.7 Å². The fourth-order valence-electron chi connectivity index (χ4n) is 4.13. The van der Waals surface area contributed by atoms with Crippen LogP contribution in [0, 0.1) is 0 Å². The minimum atomic E-state index is -0.838. The van der Waals surface area contributed by atoms with E-state index in [0.717, 1.165) is 24.8 Å². The first-order chi connectivity index (χ1) is 12.0. The molecule has 2 amide bonds. The number of nitrogens with zero attached hydrogens (tertiary/aromatic N) is 2. The van der Waals surface area contributed by atoms with Crippen LogP contribution in [0.5, 0.6) is 0 Å². The van der Waals surface area contributed by atoms with Crippen molar-refractivity contribution in [3.05, 3.63) is 35.9 Å². The van der Waals surface area contributed by atoms with E-state index in [1.54, 1.807) is 6.92 Å². The normalized spacial score (nSPS) is 23.4. The maximum atomic E-state index is 12.8. The summed E-state index contributed by atoms with van der Waals surface area (Å²) in [7, 11) is 0. The fraction of sp³-hybridized carbons (Fsp3) is 0.600. The van der Waals surface area contributed by atoms with Gasteiger partial charge in [-0.15, -0.1) is 0 Å². The lowest BCUT2D eigenvalue weighted by atomic mass is 9.82. The summed E-state index contributed by atoms with van der Waals surface area (Å²) in [5.41, 5.74) is 0.210. The molecule has 2 fully saturated rings. The van der Waals surface area contributed by atoms with Crippen LogP contribution >= 0.6 is 0 Å². The van der Waals surface area contributed by atoms with Crippen LogP contribution in [0.25, 0.3) is 0 Å². The van der Waals surface area contributed by atoms with Crippen LogP contribution in [-0.4, -0.2) is 52.0 Å². The predicted octanol–water partition coefficient (Wildman–Crippen LogP) is 2.50. The van der Waals surface area contributed by atoms with Crippen LogP contribution < -0.4 is 0 Å². The smallest absolute Gasteiger partial charge is 0.225 e. The topological polar surface area (TPSA) is 60.9 Å². The second-order valence-corrected chi connectivity index (χ2v) is 7.44. The third-order valence-electron chi connectivity index (χ3n) is 5.59. The summed E-state index contributed by atoms with van der Waals surface area (Å²) in [6, 6.07) is 9.76. The van der Waals surface area contributed by atoms with Gasteiger partial charge in [-0.25, -0.2) is 0 Å². The van der Waals surface area contributed by atoms with Gasteiger partial charge < -0.3 is 14.9 Å². The van der Waals surface area contributed by atoms with Crippen molar-refractivity contribution in [3.8, 4) is 0 Å². The molecule has 1 N–H and O–H groups in total. The van der Waals surface area contributed by atoms with Gasteiger partial charge in [0.1, 0.15) is 0 Å². The first kappa shape index (κ1) is 17.9. The average Bonchev–Trinajstić information content (AvgIpc) is 2.62. The number of carbonyl (C=O) groups is 2. The third-order valence-corrected chi connectivity index (χ3v) is 5.59. The van der Waals surface area contributed by atoms with Crippen molar-refractivity contribution in [1.82, 2.24) is 9.80 Å². The predicted molar refractivity (Wildman–Crippen MR) is 95.8 cm³/mol. The van der Waals surface area contributed by atoms with Crippen LogP contribution in [0.3, 0.4) is 0 Å². The van der Waals surface area contributed by atoms with Crippen LogP contribution in [0.4, 0.5) is 0 Å². The van der Waals surface area contributed by atoms with Crippen molar-refractivity contribution < 1.29 is 14.7 Å². The molecule has 1 atom stereocenters. The first-order valence-corrected chi connectivity index (χ1v) is 9.31. The number of rotatable bonds is 3. The van der Waals surface area contributed by atoms with Gasteiger partial charge >= 0.3 is 0 Å². The SMILES string of the molecule is CC(=O)N1CCN(C(=O)CC2(O)CCCCC2)C[C@@H]1c1ccccc1. The summed E-state index contributed by atoms with van der Waals surface area (Å²) < 4.78 is 0. The Morgan fingerprint density at radius 1 is 1.12 bits per heavy atom. The number of hydrogen-bond donors (Lipinski definition) is 1. The lowest BCUT2D eigenvalue weighted by Crippen LogP contribution is -2.53. The van der Waals surface area contributed by atoms with E-state index >= 15 is 0 Å². The van der Waals surface area contributed by atoms with Gasteiger partial charge in [0.25, 0.3) is 0 Å². The molecule has 0 unspecified atom stereocenters. The minimum absolute atomic E-state index is 0.00790. The summed E-state index contributed by atoms with van der Waals surface area (Å²) in [6.07, 6.45) is 4.77. The van der Waals surface area contributed by atoms with Gasteiger partial charge in [-0.05, 0) is 18.4 Å². The fourth-order valence-corrected chi connectivity index (χ4v) is 4.13. The molecule has 1 aliphatic carbocycles. The Morgan fingerprint density at radius 2 is 1.80 bits per heavy atom. The van der Waals surface area contributed by atoms with E-state index in [2.05, 4.69) is 0 Å². The molecular weight excluding hydrogens is 316 g/mol. The summed E-state index contributed by atoms with van der Waals surface area (Å²) >= 11 is 0. The van der Waals surface area contributed by atoms with Crippen molar-refractivity contribution in [2.75, 3.05) is 19.6 Å². The van der Waals surface area contributed by atoms with Crippen LogP contribution in [-0.2, 0) is 9.59 Å². The number of hydrogen-bond acceptors (Lipinski definition) is 3. The van der Waals surface area contributed by atoms with E-state index in [4.69, 9.17) is 0 Å². The number of benzene rings is 1. The molecule has 1 aromatic carbocycles. The van der Waals surface area contributed by atoms with E-state index in [1.807, 2.05) is 40.1 Å². The van der Waals surface area contributed by atoms with Crippen molar-refractivity contribution in [3.63, 3.8) is 0 Å². The summed E-state index contributed by atoms with van der Waals surface area (Å²) in [4.78, 5) is 28.5. The van der Waals surface area contributed by atoms with Crippen molar-refractivity contribution in [1.29, 1.82) is 0 Å². The summed E-state index contributed by atoms with van der Waals surface area (Å²) in [5, 5.41) is 10.7. The van der Waals surface area contributed by atoms with Crippen molar-refractivity contribution >= 4 is 11.8 Å². The molecule has 0 bridgehead atoms. The number of amides is 2. The van der Waals surface area contributed by atoms with Gasteiger partial charge in [0, 0.05) is 26.6 Å². The van der Waals surface area contributed by atoms with Gasteiger partial charge in [0.2, 0.25) is 11.8 Å². The zero-order chi connectivity index (χ0) is 17.9. The van der Waals surface area contributed by atoms with Gasteiger partial charge in [-0.2, -0.15) is 0 Å². The molecule has 136 valence electrons. The minimum Gasteiger partial charge on any atom is -0.389 e. The molecule has 25 heavy (non-hydrogen) atoms. The molecule has 0 radical (unpaired) electrons. The molecular formula is C20H28N2O3. The highest BCUT2D eigenvalue weighted by Gasteiger charge is 2.36. The molecule has 3 rings (SSSR count). The van der Waals surface area contributed by atoms with Crippen LogP contribution in [0.1, 0.15) is 57.1 Å². The highest BCUT2D eigenvalue weighted by Crippen LogP contribution is 2.32. The van der Waals surface area contributed by atoms with Crippen LogP contribution in [0.15, 0.2) is 30.3 Å². The molecule has 0 spiro atoms. The molecule has 1 heterocycles. The molecule has 1 saturated heterocycles. The third kappa shape index (κ3) is 4.21. The maximum Gasteiger partial charge on any atom is 0.225 e. The molecule has 1 saturated carbocycles. The molecule has 2 aliphatic rings. The molecule has 1 aromatic rings. The van der Waals surface area contributed by atoms with Gasteiger partial charge in [0.05, 0.1) is 18.1 Å². The number of aliphatic hydroxyl groups is 1. The maximum absolute atomic E-state index is 12.8. The lowest BCUT2D eigenvalue weighted by Gasteiger charge is -2.42. The molecule has 5 heteroatoms. The summed E-state index contributed by atoms with van der Waals surface area (Å²) in [5.74, 6) is 0.0420. The van der Waals surface area contributed by atoms with E-state index < -0.39 is 5.60 Å². The Kier molecular flexibility index (Phi) is 5.42. The molecule has 0 aromatic heterocycles. The average molecular weight is 344 g/mol. The molecule has 1 aliphatic heterocycles. The number of piperazine rings is 1. The Bertz CT molecular complexity index is 611. The van der Waals surface area contributed by atoms with Gasteiger partial charge in [-0.3, -0.25) is 9.59 Å². The Morgan fingerprint density at radius 3 is 2.44 bits per heavy atom. The summed E-state index contributed by atoms with van der Waals surface area (Å²) in [6.45, 7) is 3.16. The second-order valence-electron chi connectivity index (χ2n) is 7.44. The second kappa shape index (κ2) is 7.56. The Hall–Kier alpha value is -1.88. The number of carbonyl (C=O) groups excluding carboxylic acids is 2. The van der Waals surface area contributed by atoms with E-state index in [1.165, 1.54) is 0 Å². The Balaban J connectivity index is 1.71. The lowest BCUT2D eigenvalue weighted by molar-refractivity contribution is -0.146. The monoisotopic (exact) mass is 344 g/mol. The van der Waals surface area contributed by atoms with Gasteiger partial charge in [-0.1, -0.05) is 49.6 Å². The quantitative estimate of drug-likeness (QED) is 0.916. The van der Waals surface area contributed by atoms with Crippen LogP contribution in [0.2, 0.25) is 0 Å². The molecule has 5 nitrogen and oxygen atoms in total. The van der Waals surface area contributed by atoms with Crippen molar-refractivity contribution in [2.24, 2.45) is 0 Å². The van der Waals surface area contributed by atoms with E-state index in [-0.39, 0.29) is 24.3 Å². The van der Waals surface area contributed by atoms with E-state index in [0.29, 0.717) is 32.5 Å². The highest BCUT2D eigenvalue weighted by atomic mass is 16.3. The van der Waals surface area contributed by atoms with Gasteiger partial charge in [0.15, 0.2) is 0 Å². The van der Waals surface area contributed by atoms with Crippen molar-refractivity contribution in [2.45, 2.75) is 57.1 Å². The first-order valence-electron chi connectivity index (χ1n) is 9.31. The zero-order valence-electron chi connectivity index (χ0n) is 15.0. The highest BCUT2D eigenvalue weighted by molar-refractivity contribution is 5.78.